The Morgan fingerprint density at radius 1 is 1.15 bits per heavy atom. The van der Waals surface area contributed by atoms with E-state index in [2.05, 4.69) is 5.32 Å². The highest BCUT2D eigenvalue weighted by Gasteiger charge is 2.01. The molecule has 0 aliphatic carbocycles. The van der Waals surface area contributed by atoms with E-state index in [9.17, 15) is 9.59 Å². The van der Waals surface area contributed by atoms with Gasteiger partial charge in [-0.3, -0.25) is 4.79 Å². The van der Waals surface area contributed by atoms with Crippen molar-refractivity contribution in [3.63, 3.8) is 0 Å². The lowest BCUT2D eigenvalue weighted by molar-refractivity contribution is -0.137. The molecule has 1 amide bonds. The van der Waals surface area contributed by atoms with Crippen molar-refractivity contribution in [1.82, 2.24) is 0 Å². The number of anilines is 1. The average Bonchev–Trinajstić information content (AvgIpc) is 2.45. The van der Waals surface area contributed by atoms with Crippen LogP contribution in [0.25, 0.3) is 6.08 Å². The first-order chi connectivity index (χ1) is 9.65. The Morgan fingerprint density at radius 2 is 1.85 bits per heavy atom. The van der Waals surface area contributed by atoms with Gasteiger partial charge in [-0.15, -0.1) is 0 Å². The second kappa shape index (κ2) is 8.87. The van der Waals surface area contributed by atoms with Crippen LogP contribution in [-0.2, 0) is 19.1 Å². The first-order valence-corrected chi connectivity index (χ1v) is 6.48. The van der Waals surface area contributed by atoms with Gasteiger partial charge in [-0.1, -0.05) is 12.1 Å². The Hall–Kier alpha value is -2.14. The van der Waals surface area contributed by atoms with E-state index in [1.54, 1.807) is 37.3 Å². The van der Waals surface area contributed by atoms with E-state index in [1.807, 2.05) is 6.92 Å². The van der Waals surface area contributed by atoms with Crippen LogP contribution in [0.3, 0.4) is 0 Å². The van der Waals surface area contributed by atoms with E-state index >= 15 is 0 Å². The summed E-state index contributed by atoms with van der Waals surface area (Å²) in [6, 6.07) is 7.11. The van der Waals surface area contributed by atoms with E-state index in [4.69, 9.17) is 9.47 Å². The number of carbonyl (C=O) groups is 2. The van der Waals surface area contributed by atoms with Gasteiger partial charge in [0, 0.05) is 18.4 Å². The second-order valence-corrected chi connectivity index (χ2v) is 3.89. The maximum atomic E-state index is 11.4. The van der Waals surface area contributed by atoms with Crippen LogP contribution in [0.2, 0.25) is 0 Å². The molecule has 0 heterocycles. The molecular weight excluding hydrogens is 258 g/mol. The normalized spacial score (nSPS) is 10.5. The van der Waals surface area contributed by atoms with Crippen LogP contribution in [0.15, 0.2) is 30.3 Å². The zero-order chi connectivity index (χ0) is 14.8. The molecule has 0 unspecified atom stereocenters. The first-order valence-electron chi connectivity index (χ1n) is 6.48. The smallest absolute Gasteiger partial charge is 0.330 e. The Labute approximate surface area is 118 Å². The minimum absolute atomic E-state index is 0.0427. The second-order valence-electron chi connectivity index (χ2n) is 3.89. The molecule has 1 rings (SSSR count). The Bertz CT molecular complexity index is 465. The van der Waals surface area contributed by atoms with Crippen LogP contribution in [-0.4, -0.2) is 31.7 Å². The molecule has 0 saturated carbocycles. The minimum atomic E-state index is -0.374. The van der Waals surface area contributed by atoms with Crippen molar-refractivity contribution in [2.75, 3.05) is 25.1 Å². The molecule has 108 valence electrons. The summed E-state index contributed by atoms with van der Waals surface area (Å²) in [5, 5.41) is 2.71. The van der Waals surface area contributed by atoms with Crippen LogP contribution in [0.1, 0.15) is 19.4 Å². The number of ether oxygens (including phenoxy) is 2. The van der Waals surface area contributed by atoms with Crippen molar-refractivity contribution < 1.29 is 19.1 Å². The quantitative estimate of drug-likeness (QED) is 0.613. The van der Waals surface area contributed by atoms with Gasteiger partial charge < -0.3 is 14.8 Å². The molecule has 5 heteroatoms. The number of rotatable bonds is 7. The Kier molecular flexibility index (Phi) is 7.06. The number of amides is 1. The first kappa shape index (κ1) is 15.9. The third kappa shape index (κ3) is 6.15. The van der Waals surface area contributed by atoms with Gasteiger partial charge in [0.25, 0.3) is 0 Å². The van der Waals surface area contributed by atoms with Crippen LogP contribution < -0.4 is 5.32 Å². The monoisotopic (exact) mass is 277 g/mol. The number of hydrogen-bond donors (Lipinski definition) is 1. The summed E-state index contributed by atoms with van der Waals surface area (Å²) in [7, 11) is 0. The van der Waals surface area contributed by atoms with Crippen molar-refractivity contribution in [3.8, 4) is 0 Å². The fourth-order valence-electron chi connectivity index (χ4n) is 1.42. The van der Waals surface area contributed by atoms with Crippen molar-refractivity contribution >= 4 is 23.6 Å². The minimum Gasteiger partial charge on any atom is -0.463 e. The van der Waals surface area contributed by atoms with E-state index in [-0.39, 0.29) is 18.5 Å². The highest BCUT2D eigenvalue weighted by atomic mass is 16.5. The number of hydrogen-bond acceptors (Lipinski definition) is 4. The third-order valence-electron chi connectivity index (χ3n) is 2.33. The third-order valence-corrected chi connectivity index (χ3v) is 2.33. The van der Waals surface area contributed by atoms with Gasteiger partial charge in [-0.2, -0.15) is 0 Å². The predicted octanol–water partition coefficient (Wildman–Crippen LogP) is 2.24. The van der Waals surface area contributed by atoms with E-state index in [0.717, 1.165) is 5.56 Å². The molecule has 0 atom stereocenters. The van der Waals surface area contributed by atoms with Gasteiger partial charge in [-0.05, 0) is 37.6 Å². The van der Waals surface area contributed by atoms with Gasteiger partial charge in [-0.25, -0.2) is 4.79 Å². The molecule has 1 aromatic carbocycles. The molecule has 0 radical (unpaired) electrons. The highest BCUT2D eigenvalue weighted by molar-refractivity contribution is 5.92. The van der Waals surface area contributed by atoms with Crippen molar-refractivity contribution in [2.45, 2.75) is 13.8 Å². The average molecular weight is 277 g/mol. The Morgan fingerprint density at radius 3 is 2.45 bits per heavy atom. The topological polar surface area (TPSA) is 64.6 Å². The molecule has 0 saturated heterocycles. The lowest BCUT2D eigenvalue weighted by Crippen LogP contribution is -2.18. The molecule has 1 aromatic rings. The molecule has 0 aromatic heterocycles. The zero-order valence-corrected chi connectivity index (χ0v) is 11.7. The van der Waals surface area contributed by atoms with E-state index in [0.29, 0.717) is 18.9 Å². The van der Waals surface area contributed by atoms with Crippen LogP contribution in [0.4, 0.5) is 5.69 Å². The molecule has 0 aliphatic rings. The molecule has 0 aliphatic heterocycles. The highest BCUT2D eigenvalue weighted by Crippen LogP contribution is 2.10. The van der Waals surface area contributed by atoms with Crippen LogP contribution in [0, 0.1) is 0 Å². The van der Waals surface area contributed by atoms with Gasteiger partial charge >= 0.3 is 5.97 Å². The molecular formula is C15H19NO4. The lowest BCUT2D eigenvalue weighted by atomic mass is 10.2. The summed E-state index contributed by atoms with van der Waals surface area (Å²) in [4.78, 5) is 22.6. The summed E-state index contributed by atoms with van der Waals surface area (Å²) in [6.45, 7) is 4.49. The largest absolute Gasteiger partial charge is 0.463 e. The maximum Gasteiger partial charge on any atom is 0.330 e. The number of esters is 1. The molecule has 0 fully saturated rings. The molecule has 20 heavy (non-hydrogen) atoms. The molecule has 0 bridgehead atoms. The standard InChI is InChI=1S/C15H19NO4/c1-3-19-11-14(17)16-13-8-5-12(6-9-13)7-10-15(18)20-4-2/h5-10H,3-4,11H2,1-2H3,(H,16,17)/b10-7+. The summed E-state index contributed by atoms with van der Waals surface area (Å²) in [6.07, 6.45) is 3.02. The van der Waals surface area contributed by atoms with E-state index in [1.165, 1.54) is 6.08 Å². The summed E-state index contributed by atoms with van der Waals surface area (Å²) >= 11 is 0. The van der Waals surface area contributed by atoms with Crippen molar-refractivity contribution in [3.05, 3.63) is 35.9 Å². The zero-order valence-electron chi connectivity index (χ0n) is 11.7. The molecule has 0 spiro atoms. The van der Waals surface area contributed by atoms with Gasteiger partial charge in [0.05, 0.1) is 6.61 Å². The van der Waals surface area contributed by atoms with Gasteiger partial charge in [0.15, 0.2) is 0 Å². The fraction of sp³-hybridized carbons (Fsp3) is 0.333. The van der Waals surface area contributed by atoms with Gasteiger partial charge in [0.1, 0.15) is 6.61 Å². The van der Waals surface area contributed by atoms with Crippen LogP contribution in [0.5, 0.6) is 0 Å². The number of nitrogens with one attached hydrogen (secondary N) is 1. The SMILES string of the molecule is CCOCC(=O)Nc1ccc(/C=C/C(=O)OCC)cc1. The molecule has 1 N–H and O–H groups in total. The summed E-state index contributed by atoms with van der Waals surface area (Å²) < 4.78 is 9.79. The Balaban J connectivity index is 2.51. The number of benzene rings is 1. The molecule has 5 nitrogen and oxygen atoms in total. The van der Waals surface area contributed by atoms with Gasteiger partial charge in [0.2, 0.25) is 5.91 Å². The summed E-state index contributed by atoms with van der Waals surface area (Å²) in [5.41, 5.74) is 1.53. The number of carbonyl (C=O) groups excluding carboxylic acids is 2. The van der Waals surface area contributed by atoms with Crippen LogP contribution >= 0.6 is 0 Å². The van der Waals surface area contributed by atoms with E-state index < -0.39 is 0 Å². The fourth-order valence-corrected chi connectivity index (χ4v) is 1.42. The van der Waals surface area contributed by atoms with Crippen molar-refractivity contribution in [2.24, 2.45) is 0 Å². The maximum absolute atomic E-state index is 11.4. The summed E-state index contributed by atoms with van der Waals surface area (Å²) in [5.74, 6) is -0.566. The van der Waals surface area contributed by atoms with Crippen molar-refractivity contribution in [1.29, 1.82) is 0 Å². The lowest BCUT2D eigenvalue weighted by Gasteiger charge is -2.05. The predicted molar refractivity (Wildman–Crippen MR) is 77.2 cm³/mol.